The predicted octanol–water partition coefficient (Wildman–Crippen LogP) is 2.47. The Kier molecular flexibility index (Phi) is 3.74. The van der Waals surface area contributed by atoms with Crippen LogP contribution in [0.25, 0.3) is 0 Å². The Labute approximate surface area is 115 Å². The van der Waals surface area contributed by atoms with Crippen LogP contribution in [0.1, 0.15) is 16.1 Å². The van der Waals surface area contributed by atoms with Crippen molar-refractivity contribution in [2.75, 3.05) is 11.1 Å². The van der Waals surface area contributed by atoms with Gasteiger partial charge in [0.1, 0.15) is 11.6 Å². The molecule has 110 valence electrons. The molecular formula is C12H8F4N4O. The fourth-order valence-corrected chi connectivity index (χ4v) is 1.45. The average molecular weight is 300 g/mol. The van der Waals surface area contributed by atoms with E-state index in [1.54, 1.807) is 0 Å². The lowest BCUT2D eigenvalue weighted by Gasteiger charge is -2.10. The molecule has 0 bridgehead atoms. The van der Waals surface area contributed by atoms with E-state index in [2.05, 4.69) is 10.2 Å². The molecule has 0 radical (unpaired) electrons. The van der Waals surface area contributed by atoms with Gasteiger partial charge >= 0.3 is 6.18 Å². The third kappa shape index (κ3) is 3.44. The number of carbonyl (C=O) groups is 1. The Hall–Kier alpha value is -2.71. The molecule has 0 saturated heterocycles. The number of halogens is 4. The molecule has 1 aromatic carbocycles. The molecule has 0 atom stereocenters. The van der Waals surface area contributed by atoms with Crippen LogP contribution >= 0.6 is 0 Å². The molecule has 3 N–H and O–H groups in total. The van der Waals surface area contributed by atoms with E-state index in [0.717, 1.165) is 0 Å². The number of carbonyl (C=O) groups excluding carboxylic acids is 1. The van der Waals surface area contributed by atoms with Gasteiger partial charge < -0.3 is 11.1 Å². The highest BCUT2D eigenvalue weighted by molar-refractivity contribution is 6.02. The van der Waals surface area contributed by atoms with Crippen molar-refractivity contribution < 1.29 is 22.4 Å². The average Bonchev–Trinajstić information content (AvgIpc) is 2.40. The van der Waals surface area contributed by atoms with Gasteiger partial charge in [-0.1, -0.05) is 0 Å². The number of nitrogen functional groups attached to an aromatic ring is 1. The summed E-state index contributed by atoms with van der Waals surface area (Å²) in [6.45, 7) is 0. The van der Waals surface area contributed by atoms with E-state index in [4.69, 9.17) is 5.73 Å². The number of hydrogen-bond donors (Lipinski definition) is 2. The Balaban J connectivity index is 2.26. The van der Waals surface area contributed by atoms with Crippen LogP contribution in [0.15, 0.2) is 30.3 Å². The second-order valence-electron chi connectivity index (χ2n) is 3.99. The number of benzene rings is 1. The molecule has 1 aromatic heterocycles. The second kappa shape index (κ2) is 5.35. The van der Waals surface area contributed by atoms with Gasteiger partial charge in [-0.05, 0) is 30.3 Å². The number of nitrogens with two attached hydrogens (primary N) is 1. The summed E-state index contributed by atoms with van der Waals surface area (Å²) < 4.78 is 51.1. The van der Waals surface area contributed by atoms with Gasteiger partial charge in [0.05, 0.1) is 11.3 Å². The van der Waals surface area contributed by atoms with E-state index in [1.165, 1.54) is 12.1 Å². The van der Waals surface area contributed by atoms with Crippen LogP contribution in [0.2, 0.25) is 0 Å². The fraction of sp³-hybridized carbons (Fsp3) is 0.0833. The van der Waals surface area contributed by atoms with Gasteiger partial charge in [-0.15, -0.1) is 10.2 Å². The fourth-order valence-electron chi connectivity index (χ4n) is 1.45. The molecule has 0 aliphatic rings. The summed E-state index contributed by atoms with van der Waals surface area (Å²) in [6, 6.07) is 4.19. The number of nitrogens with one attached hydrogen (secondary N) is 1. The van der Waals surface area contributed by atoms with Gasteiger partial charge in [0.15, 0.2) is 5.69 Å². The lowest BCUT2D eigenvalue weighted by Crippen LogP contribution is -2.16. The van der Waals surface area contributed by atoms with Crippen molar-refractivity contribution in [1.29, 1.82) is 0 Å². The van der Waals surface area contributed by atoms with Gasteiger partial charge in [0.2, 0.25) is 0 Å². The first kappa shape index (κ1) is 14.7. The lowest BCUT2D eigenvalue weighted by molar-refractivity contribution is -0.137. The zero-order chi connectivity index (χ0) is 15.6. The van der Waals surface area contributed by atoms with Crippen molar-refractivity contribution in [3.8, 4) is 0 Å². The van der Waals surface area contributed by atoms with Crippen LogP contribution in [0.3, 0.4) is 0 Å². The number of rotatable bonds is 2. The second-order valence-corrected chi connectivity index (χ2v) is 3.99. The van der Waals surface area contributed by atoms with Crippen LogP contribution in [-0.2, 0) is 6.18 Å². The minimum absolute atomic E-state index is 0.0665. The molecule has 2 rings (SSSR count). The van der Waals surface area contributed by atoms with E-state index >= 15 is 0 Å². The molecular weight excluding hydrogens is 292 g/mol. The highest BCUT2D eigenvalue weighted by Gasteiger charge is 2.31. The van der Waals surface area contributed by atoms with Gasteiger partial charge in [-0.25, -0.2) is 4.39 Å². The first-order chi connectivity index (χ1) is 9.77. The van der Waals surface area contributed by atoms with Crippen molar-refractivity contribution in [3.05, 3.63) is 47.4 Å². The van der Waals surface area contributed by atoms with Gasteiger partial charge in [-0.3, -0.25) is 4.79 Å². The molecule has 1 heterocycles. The summed E-state index contributed by atoms with van der Waals surface area (Å²) in [5.74, 6) is -1.84. The summed E-state index contributed by atoms with van der Waals surface area (Å²) in [5, 5.41) is 8.86. The smallest absolute Gasteiger partial charge is 0.382 e. The van der Waals surface area contributed by atoms with Gasteiger partial charge in [-0.2, -0.15) is 13.2 Å². The number of amides is 1. The van der Waals surface area contributed by atoms with Crippen LogP contribution in [0.5, 0.6) is 0 Å². The maximum atomic E-state index is 13.5. The quantitative estimate of drug-likeness (QED) is 0.835. The van der Waals surface area contributed by atoms with Crippen molar-refractivity contribution in [1.82, 2.24) is 10.2 Å². The predicted molar refractivity (Wildman–Crippen MR) is 65.8 cm³/mol. The zero-order valence-electron chi connectivity index (χ0n) is 10.3. The molecule has 0 saturated carbocycles. The van der Waals surface area contributed by atoms with Gasteiger partial charge in [0.25, 0.3) is 5.91 Å². The number of nitrogens with zero attached hydrogens (tertiary/aromatic N) is 2. The van der Waals surface area contributed by atoms with Crippen molar-refractivity contribution in [2.45, 2.75) is 6.18 Å². The largest absolute Gasteiger partial charge is 0.416 e. The summed E-state index contributed by atoms with van der Waals surface area (Å²) in [6.07, 6.45) is -4.64. The van der Waals surface area contributed by atoms with Crippen molar-refractivity contribution >= 4 is 17.4 Å². The van der Waals surface area contributed by atoms with E-state index in [0.29, 0.717) is 18.2 Å². The molecule has 1 amide bonds. The van der Waals surface area contributed by atoms with E-state index < -0.39 is 29.2 Å². The molecule has 0 unspecified atom stereocenters. The maximum Gasteiger partial charge on any atom is 0.416 e. The highest BCUT2D eigenvalue weighted by Crippen LogP contribution is 2.31. The summed E-state index contributed by atoms with van der Waals surface area (Å²) in [7, 11) is 0. The monoisotopic (exact) mass is 300 g/mol. The molecule has 0 fully saturated rings. The molecule has 9 heteroatoms. The number of alkyl halides is 3. The number of hydrogen-bond acceptors (Lipinski definition) is 4. The summed E-state index contributed by atoms with van der Waals surface area (Å²) >= 11 is 0. The number of aromatic nitrogens is 2. The molecule has 0 aliphatic carbocycles. The van der Waals surface area contributed by atoms with E-state index in [-0.39, 0.29) is 11.5 Å². The standard InChI is InChI=1S/C12H8F4N4O/c13-7-2-1-6(12(14,15)16)5-9(7)18-11(21)8-3-4-10(17)20-19-8/h1-5H,(H2,17,20)(H,18,21). The SMILES string of the molecule is Nc1ccc(C(=O)Nc2cc(C(F)(F)F)ccc2F)nn1. The zero-order valence-corrected chi connectivity index (χ0v) is 10.3. The highest BCUT2D eigenvalue weighted by atomic mass is 19.4. The van der Waals surface area contributed by atoms with Crippen molar-refractivity contribution in [2.24, 2.45) is 0 Å². The van der Waals surface area contributed by atoms with Crippen molar-refractivity contribution in [3.63, 3.8) is 0 Å². The third-order valence-corrected chi connectivity index (χ3v) is 2.46. The number of anilines is 2. The summed E-state index contributed by atoms with van der Waals surface area (Å²) in [5.41, 5.74) is 3.39. The maximum absolute atomic E-state index is 13.5. The minimum Gasteiger partial charge on any atom is -0.382 e. The first-order valence-electron chi connectivity index (χ1n) is 5.54. The first-order valence-corrected chi connectivity index (χ1v) is 5.54. The summed E-state index contributed by atoms with van der Waals surface area (Å²) in [4.78, 5) is 11.7. The van der Waals surface area contributed by atoms with Gasteiger partial charge in [0, 0.05) is 0 Å². The normalized spacial score (nSPS) is 11.2. The van der Waals surface area contributed by atoms with Crippen LogP contribution < -0.4 is 11.1 Å². The molecule has 2 aromatic rings. The van der Waals surface area contributed by atoms with E-state index in [9.17, 15) is 22.4 Å². The molecule has 5 nitrogen and oxygen atoms in total. The Bertz CT molecular complexity index is 670. The van der Waals surface area contributed by atoms with Crippen LogP contribution in [-0.4, -0.2) is 16.1 Å². The molecule has 0 aliphatic heterocycles. The third-order valence-electron chi connectivity index (χ3n) is 2.46. The Morgan fingerprint density at radius 3 is 2.43 bits per heavy atom. The molecule has 0 spiro atoms. The van der Waals surface area contributed by atoms with E-state index in [1.807, 2.05) is 5.32 Å². The topological polar surface area (TPSA) is 80.9 Å². The Morgan fingerprint density at radius 2 is 1.86 bits per heavy atom. The molecule has 21 heavy (non-hydrogen) atoms. The minimum atomic E-state index is -4.64. The Morgan fingerprint density at radius 1 is 1.14 bits per heavy atom. The van der Waals surface area contributed by atoms with Crippen LogP contribution in [0.4, 0.5) is 29.1 Å². The lowest BCUT2D eigenvalue weighted by atomic mass is 10.2. The van der Waals surface area contributed by atoms with Crippen LogP contribution in [0, 0.1) is 5.82 Å².